The minimum atomic E-state index is -0.145. The Labute approximate surface area is 82.6 Å². The van der Waals surface area contributed by atoms with E-state index in [4.69, 9.17) is 5.11 Å². The number of nitrogens with zero attached hydrogens (tertiary/aromatic N) is 2. The lowest BCUT2D eigenvalue weighted by molar-refractivity contribution is 0.0835. The van der Waals surface area contributed by atoms with E-state index in [0.29, 0.717) is 6.04 Å². The molecule has 5 heteroatoms. The fourth-order valence-corrected chi connectivity index (χ4v) is 1.47. The van der Waals surface area contributed by atoms with E-state index < -0.39 is 0 Å². The van der Waals surface area contributed by atoms with Crippen LogP contribution in [-0.4, -0.2) is 34.3 Å². The molecule has 0 aliphatic heterocycles. The van der Waals surface area contributed by atoms with Gasteiger partial charge in [0.15, 0.2) is 0 Å². The van der Waals surface area contributed by atoms with Crippen molar-refractivity contribution in [2.75, 3.05) is 17.7 Å². The van der Waals surface area contributed by atoms with Gasteiger partial charge in [0, 0.05) is 13.1 Å². The first-order valence-corrected chi connectivity index (χ1v) is 4.72. The predicted molar refractivity (Wildman–Crippen MR) is 54.2 cm³/mol. The van der Waals surface area contributed by atoms with E-state index in [9.17, 15) is 0 Å². The zero-order valence-electron chi connectivity index (χ0n) is 8.07. The number of aliphatic hydroxyl groups excluding tert-OH is 1. The molecule has 0 saturated heterocycles. The van der Waals surface area contributed by atoms with Crippen molar-refractivity contribution >= 4 is 11.6 Å². The molecule has 5 nitrogen and oxygen atoms in total. The van der Waals surface area contributed by atoms with Crippen LogP contribution in [0.2, 0.25) is 0 Å². The van der Waals surface area contributed by atoms with Gasteiger partial charge in [-0.25, -0.2) is 4.98 Å². The SMILES string of the molecule is CNc1cncc(NC2CC(O)C2)n1. The van der Waals surface area contributed by atoms with Crippen molar-refractivity contribution in [2.24, 2.45) is 0 Å². The standard InChI is InChI=1S/C9H14N4O/c1-10-8-4-11-5-9(13-8)12-6-2-7(14)3-6/h4-7,14H,2-3H2,1H3,(H2,10,12,13). The summed E-state index contributed by atoms with van der Waals surface area (Å²) in [5.74, 6) is 1.50. The van der Waals surface area contributed by atoms with Gasteiger partial charge in [-0.15, -0.1) is 0 Å². The van der Waals surface area contributed by atoms with Crippen molar-refractivity contribution < 1.29 is 5.11 Å². The molecule has 1 aliphatic rings. The molecule has 0 radical (unpaired) electrons. The van der Waals surface area contributed by atoms with Crippen LogP contribution in [-0.2, 0) is 0 Å². The second-order valence-corrected chi connectivity index (χ2v) is 3.51. The number of aromatic nitrogens is 2. The van der Waals surface area contributed by atoms with Gasteiger partial charge < -0.3 is 15.7 Å². The average Bonchev–Trinajstić information content (AvgIpc) is 2.16. The number of hydrogen-bond acceptors (Lipinski definition) is 5. The first-order chi connectivity index (χ1) is 6.78. The molecule has 0 amide bonds. The van der Waals surface area contributed by atoms with Crippen molar-refractivity contribution in [1.82, 2.24) is 9.97 Å². The monoisotopic (exact) mass is 194 g/mol. The van der Waals surface area contributed by atoms with E-state index in [2.05, 4.69) is 20.6 Å². The molecule has 1 fully saturated rings. The van der Waals surface area contributed by atoms with Gasteiger partial charge in [0.2, 0.25) is 0 Å². The van der Waals surface area contributed by atoms with Gasteiger partial charge in [0.1, 0.15) is 11.6 Å². The van der Waals surface area contributed by atoms with Crippen LogP contribution in [0.25, 0.3) is 0 Å². The zero-order chi connectivity index (χ0) is 9.97. The maximum atomic E-state index is 9.11. The summed E-state index contributed by atoms with van der Waals surface area (Å²) in [4.78, 5) is 8.31. The van der Waals surface area contributed by atoms with E-state index in [-0.39, 0.29) is 6.10 Å². The molecular formula is C9H14N4O. The van der Waals surface area contributed by atoms with Crippen molar-refractivity contribution in [3.63, 3.8) is 0 Å². The summed E-state index contributed by atoms with van der Waals surface area (Å²) in [5.41, 5.74) is 0. The lowest BCUT2D eigenvalue weighted by atomic mass is 9.90. The van der Waals surface area contributed by atoms with Crippen LogP contribution in [0, 0.1) is 0 Å². The maximum Gasteiger partial charge on any atom is 0.147 e. The zero-order valence-corrected chi connectivity index (χ0v) is 8.07. The number of hydrogen-bond donors (Lipinski definition) is 3. The first kappa shape index (κ1) is 9.21. The summed E-state index contributed by atoms with van der Waals surface area (Å²) in [6.07, 6.45) is 4.80. The van der Waals surface area contributed by atoms with Crippen LogP contribution >= 0.6 is 0 Å². The topological polar surface area (TPSA) is 70.1 Å². The van der Waals surface area contributed by atoms with Crippen molar-refractivity contribution in [1.29, 1.82) is 0 Å². The third kappa shape index (κ3) is 1.93. The molecule has 14 heavy (non-hydrogen) atoms. The first-order valence-electron chi connectivity index (χ1n) is 4.72. The van der Waals surface area contributed by atoms with Crippen LogP contribution in [0.15, 0.2) is 12.4 Å². The van der Waals surface area contributed by atoms with E-state index in [1.165, 1.54) is 0 Å². The summed E-state index contributed by atoms with van der Waals surface area (Å²) in [5, 5.41) is 15.2. The lowest BCUT2D eigenvalue weighted by Crippen LogP contribution is -2.39. The normalized spacial score (nSPS) is 25.3. The average molecular weight is 194 g/mol. The largest absolute Gasteiger partial charge is 0.393 e. The predicted octanol–water partition coefficient (Wildman–Crippen LogP) is 0.453. The second kappa shape index (κ2) is 3.79. The highest BCUT2D eigenvalue weighted by molar-refractivity contribution is 5.42. The Kier molecular flexibility index (Phi) is 2.49. The van der Waals surface area contributed by atoms with Gasteiger partial charge in [-0.2, -0.15) is 0 Å². The second-order valence-electron chi connectivity index (χ2n) is 3.51. The summed E-state index contributed by atoms with van der Waals surface area (Å²) in [6, 6.07) is 0.339. The summed E-state index contributed by atoms with van der Waals surface area (Å²) in [7, 11) is 1.81. The Balaban J connectivity index is 1.95. The Bertz CT molecular complexity index is 311. The molecule has 0 spiro atoms. The molecule has 1 saturated carbocycles. The van der Waals surface area contributed by atoms with Gasteiger partial charge in [-0.1, -0.05) is 0 Å². The van der Waals surface area contributed by atoms with E-state index in [0.717, 1.165) is 24.5 Å². The molecule has 0 aromatic carbocycles. The van der Waals surface area contributed by atoms with Crippen molar-refractivity contribution in [2.45, 2.75) is 25.0 Å². The number of aliphatic hydroxyl groups is 1. The highest BCUT2D eigenvalue weighted by Crippen LogP contribution is 2.23. The maximum absolute atomic E-state index is 9.11. The van der Waals surface area contributed by atoms with Gasteiger partial charge in [-0.05, 0) is 12.8 Å². The van der Waals surface area contributed by atoms with E-state index in [1.807, 2.05) is 0 Å². The molecule has 0 atom stereocenters. The number of nitrogens with one attached hydrogen (secondary N) is 2. The highest BCUT2D eigenvalue weighted by Gasteiger charge is 2.27. The molecule has 76 valence electrons. The van der Waals surface area contributed by atoms with Gasteiger partial charge in [0.25, 0.3) is 0 Å². The van der Waals surface area contributed by atoms with Crippen LogP contribution in [0.1, 0.15) is 12.8 Å². The Morgan fingerprint density at radius 3 is 2.71 bits per heavy atom. The Morgan fingerprint density at radius 1 is 1.36 bits per heavy atom. The molecule has 0 bridgehead atoms. The smallest absolute Gasteiger partial charge is 0.147 e. The molecule has 1 heterocycles. The van der Waals surface area contributed by atoms with Crippen LogP contribution in [0.5, 0.6) is 0 Å². The number of anilines is 2. The molecule has 1 aromatic rings. The van der Waals surface area contributed by atoms with Gasteiger partial charge >= 0.3 is 0 Å². The molecule has 0 unspecified atom stereocenters. The number of rotatable bonds is 3. The quantitative estimate of drug-likeness (QED) is 0.652. The van der Waals surface area contributed by atoms with Gasteiger partial charge in [0.05, 0.1) is 18.5 Å². The lowest BCUT2D eigenvalue weighted by Gasteiger charge is -2.32. The van der Waals surface area contributed by atoms with E-state index in [1.54, 1.807) is 19.4 Å². The molecule has 1 aliphatic carbocycles. The third-order valence-corrected chi connectivity index (χ3v) is 2.36. The molecule has 1 aromatic heterocycles. The Morgan fingerprint density at radius 2 is 2.07 bits per heavy atom. The Hall–Kier alpha value is -1.36. The summed E-state index contributed by atoms with van der Waals surface area (Å²) >= 11 is 0. The van der Waals surface area contributed by atoms with Crippen molar-refractivity contribution in [3.8, 4) is 0 Å². The minimum absolute atomic E-state index is 0.145. The fourth-order valence-electron chi connectivity index (χ4n) is 1.47. The van der Waals surface area contributed by atoms with E-state index >= 15 is 0 Å². The summed E-state index contributed by atoms with van der Waals surface area (Å²) in [6.45, 7) is 0. The molecule has 3 N–H and O–H groups in total. The highest BCUT2D eigenvalue weighted by atomic mass is 16.3. The minimum Gasteiger partial charge on any atom is -0.393 e. The van der Waals surface area contributed by atoms with Gasteiger partial charge in [-0.3, -0.25) is 4.98 Å². The van der Waals surface area contributed by atoms with Crippen LogP contribution < -0.4 is 10.6 Å². The van der Waals surface area contributed by atoms with Crippen LogP contribution in [0.4, 0.5) is 11.6 Å². The molecule has 2 rings (SSSR count). The van der Waals surface area contributed by atoms with Crippen molar-refractivity contribution in [3.05, 3.63) is 12.4 Å². The fraction of sp³-hybridized carbons (Fsp3) is 0.556. The van der Waals surface area contributed by atoms with Crippen LogP contribution in [0.3, 0.4) is 0 Å². The molecular weight excluding hydrogens is 180 g/mol. The summed E-state index contributed by atoms with van der Waals surface area (Å²) < 4.78 is 0. The third-order valence-electron chi connectivity index (χ3n) is 2.36.